The summed E-state index contributed by atoms with van der Waals surface area (Å²) in [7, 11) is -4.01. The van der Waals surface area contributed by atoms with E-state index in [1.54, 1.807) is 0 Å². The van der Waals surface area contributed by atoms with Gasteiger partial charge in [0.05, 0.1) is 14.7 Å². The first-order valence-electron chi connectivity index (χ1n) is 6.09. The summed E-state index contributed by atoms with van der Waals surface area (Å²) in [6.45, 7) is 0. The molecule has 10 heteroatoms. The maximum atomic E-state index is 12.0. The Morgan fingerprint density at radius 3 is 1.70 bits per heavy atom. The van der Waals surface area contributed by atoms with E-state index in [0.717, 1.165) is 30.5 Å². The largest absolute Gasteiger partial charge is 0.282 e. The minimum atomic E-state index is -4.01. The summed E-state index contributed by atoms with van der Waals surface area (Å²) < 4.78 is 27.4. The molecule has 0 radical (unpaired) electrons. The van der Waals surface area contributed by atoms with Gasteiger partial charge in [-0.25, -0.2) is 0 Å². The van der Waals surface area contributed by atoms with Crippen LogP contribution in [0, 0.1) is 20.2 Å². The molecule has 0 aliphatic rings. The first-order chi connectivity index (χ1) is 10.8. The number of nitro benzene ring substituents is 2. The smallest absolute Gasteiger partial charge is 0.258 e. The molecule has 2 aromatic rings. The van der Waals surface area contributed by atoms with Crippen LogP contribution in [0.2, 0.25) is 0 Å². The second-order valence-corrected chi connectivity index (χ2v) is 5.94. The van der Waals surface area contributed by atoms with Gasteiger partial charge in [-0.1, -0.05) is 0 Å². The molecular weight excluding hydrogens is 326 g/mol. The van der Waals surface area contributed by atoms with Crippen molar-refractivity contribution in [1.82, 2.24) is 0 Å². The molecule has 0 heterocycles. The standard InChI is InChI=1S/C13H9N3O6S/c17-15(18)11-3-1-10(2-4-11)9-14-23(21,22)13-7-5-12(6-8-13)16(19)20/h1-9H/b14-9+. The first kappa shape index (κ1) is 16.2. The van der Waals surface area contributed by atoms with Gasteiger partial charge < -0.3 is 0 Å². The van der Waals surface area contributed by atoms with Gasteiger partial charge in [-0.3, -0.25) is 20.2 Å². The lowest BCUT2D eigenvalue weighted by molar-refractivity contribution is -0.385. The van der Waals surface area contributed by atoms with Gasteiger partial charge in [0.1, 0.15) is 0 Å². The third-order valence-electron chi connectivity index (χ3n) is 2.79. The molecule has 0 saturated carbocycles. The molecule has 0 aliphatic heterocycles. The van der Waals surface area contributed by atoms with Crippen LogP contribution in [0.1, 0.15) is 5.56 Å². The molecule has 0 amide bonds. The average Bonchev–Trinajstić information content (AvgIpc) is 2.53. The maximum absolute atomic E-state index is 12.0. The molecular formula is C13H9N3O6S. The van der Waals surface area contributed by atoms with Gasteiger partial charge in [-0.05, 0) is 29.8 Å². The molecule has 118 valence electrons. The summed E-state index contributed by atoms with van der Waals surface area (Å²) in [4.78, 5) is 19.6. The van der Waals surface area contributed by atoms with Gasteiger partial charge >= 0.3 is 0 Å². The predicted octanol–water partition coefficient (Wildman–Crippen LogP) is 2.31. The highest BCUT2D eigenvalue weighted by atomic mass is 32.2. The Bertz CT molecular complexity index is 873. The Morgan fingerprint density at radius 2 is 1.26 bits per heavy atom. The fraction of sp³-hybridized carbons (Fsp3) is 0. The number of hydrogen-bond acceptors (Lipinski definition) is 6. The number of non-ortho nitro benzene ring substituents is 2. The minimum absolute atomic E-state index is 0.125. The highest BCUT2D eigenvalue weighted by Gasteiger charge is 2.14. The molecule has 2 aromatic carbocycles. The van der Waals surface area contributed by atoms with Crippen LogP contribution >= 0.6 is 0 Å². The Labute approximate surface area is 130 Å². The Kier molecular flexibility index (Phi) is 4.46. The molecule has 0 atom stereocenters. The number of sulfonamides is 1. The topological polar surface area (TPSA) is 133 Å². The van der Waals surface area contributed by atoms with Crippen LogP contribution in [0.3, 0.4) is 0 Å². The van der Waals surface area contributed by atoms with Gasteiger partial charge in [0.15, 0.2) is 0 Å². The monoisotopic (exact) mass is 335 g/mol. The van der Waals surface area contributed by atoms with Crippen molar-refractivity contribution in [3.63, 3.8) is 0 Å². The fourth-order valence-electron chi connectivity index (χ4n) is 1.61. The second kappa shape index (κ2) is 6.32. The molecule has 0 unspecified atom stereocenters. The van der Waals surface area contributed by atoms with E-state index in [1.165, 1.54) is 24.3 Å². The second-order valence-electron chi connectivity index (χ2n) is 4.31. The summed E-state index contributed by atoms with van der Waals surface area (Å²) in [6, 6.07) is 9.45. The predicted molar refractivity (Wildman–Crippen MR) is 81.0 cm³/mol. The zero-order valence-corrected chi connectivity index (χ0v) is 12.2. The number of nitrogens with zero attached hydrogens (tertiary/aromatic N) is 3. The molecule has 0 bridgehead atoms. The minimum Gasteiger partial charge on any atom is -0.258 e. The lowest BCUT2D eigenvalue weighted by Crippen LogP contribution is -1.98. The van der Waals surface area contributed by atoms with E-state index in [9.17, 15) is 28.6 Å². The van der Waals surface area contributed by atoms with Crippen LogP contribution in [0.25, 0.3) is 0 Å². The Hall–Kier alpha value is -3.14. The molecule has 0 N–H and O–H groups in total. The lowest BCUT2D eigenvalue weighted by Gasteiger charge is -1.98. The van der Waals surface area contributed by atoms with E-state index in [0.29, 0.717) is 5.56 Å². The van der Waals surface area contributed by atoms with E-state index >= 15 is 0 Å². The molecule has 0 saturated heterocycles. The van der Waals surface area contributed by atoms with Crippen LogP contribution in [0.4, 0.5) is 11.4 Å². The normalized spacial score (nSPS) is 11.5. The zero-order valence-electron chi connectivity index (χ0n) is 11.4. The molecule has 9 nitrogen and oxygen atoms in total. The van der Waals surface area contributed by atoms with Crippen molar-refractivity contribution < 1.29 is 18.3 Å². The third-order valence-corrected chi connectivity index (χ3v) is 4.04. The van der Waals surface area contributed by atoms with E-state index < -0.39 is 19.9 Å². The fourth-order valence-corrected chi connectivity index (χ4v) is 2.48. The summed E-state index contributed by atoms with van der Waals surface area (Å²) >= 11 is 0. The first-order valence-corrected chi connectivity index (χ1v) is 7.53. The highest BCUT2D eigenvalue weighted by Crippen LogP contribution is 2.18. The van der Waals surface area contributed by atoms with E-state index in [4.69, 9.17) is 0 Å². The van der Waals surface area contributed by atoms with Crippen molar-refractivity contribution in [2.24, 2.45) is 4.40 Å². The highest BCUT2D eigenvalue weighted by molar-refractivity contribution is 7.90. The SMILES string of the molecule is O=[N+]([O-])c1ccc(/C=N/S(=O)(=O)c2ccc([N+](=O)[O-])cc2)cc1. The zero-order chi connectivity index (χ0) is 17.0. The van der Waals surface area contributed by atoms with Crippen LogP contribution in [-0.2, 0) is 10.0 Å². The quantitative estimate of drug-likeness (QED) is 0.467. The number of rotatable bonds is 5. The third kappa shape index (κ3) is 3.95. The van der Waals surface area contributed by atoms with Crippen molar-refractivity contribution >= 4 is 27.6 Å². The number of benzene rings is 2. The van der Waals surface area contributed by atoms with Crippen molar-refractivity contribution in [3.05, 3.63) is 74.3 Å². The van der Waals surface area contributed by atoms with Crippen molar-refractivity contribution in [2.45, 2.75) is 4.90 Å². The molecule has 0 spiro atoms. The van der Waals surface area contributed by atoms with Crippen LogP contribution in [0.15, 0.2) is 57.8 Å². The summed E-state index contributed by atoms with van der Waals surface area (Å²) in [5, 5.41) is 21.0. The molecule has 0 fully saturated rings. The Balaban J connectivity index is 2.22. The van der Waals surface area contributed by atoms with Gasteiger partial charge in [0.2, 0.25) is 0 Å². The van der Waals surface area contributed by atoms with Crippen molar-refractivity contribution in [1.29, 1.82) is 0 Å². The average molecular weight is 335 g/mol. The van der Waals surface area contributed by atoms with Crippen LogP contribution in [0.5, 0.6) is 0 Å². The van der Waals surface area contributed by atoms with Crippen LogP contribution < -0.4 is 0 Å². The molecule has 0 aromatic heterocycles. The van der Waals surface area contributed by atoms with Crippen molar-refractivity contribution in [3.8, 4) is 0 Å². The van der Waals surface area contributed by atoms with E-state index in [2.05, 4.69) is 4.40 Å². The number of hydrogen-bond donors (Lipinski definition) is 0. The van der Waals surface area contributed by atoms with E-state index in [1.807, 2.05) is 0 Å². The van der Waals surface area contributed by atoms with Gasteiger partial charge in [0, 0.05) is 30.5 Å². The summed E-state index contributed by atoms with van der Waals surface area (Å²) in [5.74, 6) is 0. The maximum Gasteiger partial charge on any atom is 0.282 e. The molecule has 0 aliphatic carbocycles. The van der Waals surface area contributed by atoms with Gasteiger partial charge in [-0.15, -0.1) is 0 Å². The van der Waals surface area contributed by atoms with E-state index in [-0.39, 0.29) is 16.3 Å². The van der Waals surface area contributed by atoms with Crippen molar-refractivity contribution in [2.75, 3.05) is 0 Å². The number of nitro groups is 2. The van der Waals surface area contributed by atoms with Crippen LogP contribution in [-0.4, -0.2) is 24.5 Å². The lowest BCUT2D eigenvalue weighted by atomic mass is 10.2. The van der Waals surface area contributed by atoms with Gasteiger partial charge in [0.25, 0.3) is 21.4 Å². The summed E-state index contributed by atoms with van der Waals surface area (Å²) in [6.07, 6.45) is 1.04. The Morgan fingerprint density at radius 1 is 0.826 bits per heavy atom. The summed E-state index contributed by atoms with van der Waals surface area (Å²) in [5.41, 5.74) is 0.00441. The van der Waals surface area contributed by atoms with Gasteiger partial charge in [-0.2, -0.15) is 12.8 Å². The molecule has 23 heavy (non-hydrogen) atoms. The molecule has 2 rings (SSSR count).